The fourth-order valence-corrected chi connectivity index (χ4v) is 2.95. The van der Waals surface area contributed by atoms with Crippen LogP contribution in [0.15, 0.2) is 30.3 Å². The monoisotopic (exact) mass is 275 g/mol. The van der Waals surface area contributed by atoms with Gasteiger partial charge in [0.2, 0.25) is 5.91 Å². The van der Waals surface area contributed by atoms with Crippen molar-refractivity contribution in [3.63, 3.8) is 0 Å². The summed E-state index contributed by atoms with van der Waals surface area (Å²) in [5.74, 6) is 0.346. The van der Waals surface area contributed by atoms with Crippen LogP contribution in [0.5, 0.6) is 0 Å². The van der Waals surface area contributed by atoms with Gasteiger partial charge < -0.3 is 10.4 Å². The van der Waals surface area contributed by atoms with Gasteiger partial charge in [0.05, 0.1) is 6.10 Å². The summed E-state index contributed by atoms with van der Waals surface area (Å²) in [5.41, 5.74) is 1.17. The molecule has 1 fully saturated rings. The molecule has 0 aromatic heterocycles. The Balaban J connectivity index is 1.73. The summed E-state index contributed by atoms with van der Waals surface area (Å²) >= 11 is 0. The molecule has 1 aromatic rings. The normalized spacial score (nSPS) is 18.7. The van der Waals surface area contributed by atoms with Crippen LogP contribution >= 0.6 is 0 Å². The highest BCUT2D eigenvalue weighted by molar-refractivity contribution is 5.78. The Morgan fingerprint density at radius 2 is 1.95 bits per heavy atom. The number of aliphatic hydroxyl groups excluding tert-OH is 1. The SMILES string of the molecule is CC(Cc1ccccc1)C(=O)NCC(O)C1CCCC1. The first-order chi connectivity index (χ1) is 9.66. The van der Waals surface area contributed by atoms with Crippen molar-refractivity contribution in [1.82, 2.24) is 5.32 Å². The van der Waals surface area contributed by atoms with E-state index in [4.69, 9.17) is 0 Å². The number of aliphatic hydroxyl groups is 1. The Bertz CT molecular complexity index is 412. The van der Waals surface area contributed by atoms with Crippen LogP contribution in [-0.4, -0.2) is 23.7 Å². The van der Waals surface area contributed by atoms with Crippen molar-refractivity contribution in [2.75, 3.05) is 6.54 Å². The highest BCUT2D eigenvalue weighted by Gasteiger charge is 2.24. The van der Waals surface area contributed by atoms with Gasteiger partial charge in [-0.15, -0.1) is 0 Å². The van der Waals surface area contributed by atoms with E-state index < -0.39 is 0 Å². The molecular formula is C17H25NO2. The summed E-state index contributed by atoms with van der Waals surface area (Å²) in [6.45, 7) is 2.33. The van der Waals surface area contributed by atoms with Crippen LogP contribution in [0.1, 0.15) is 38.2 Å². The molecule has 2 N–H and O–H groups in total. The lowest BCUT2D eigenvalue weighted by Crippen LogP contribution is -2.38. The average molecular weight is 275 g/mol. The van der Waals surface area contributed by atoms with E-state index in [1.54, 1.807) is 0 Å². The first-order valence-corrected chi connectivity index (χ1v) is 7.66. The second-order valence-electron chi connectivity index (χ2n) is 5.95. The number of hydrogen-bond acceptors (Lipinski definition) is 2. The van der Waals surface area contributed by atoms with Gasteiger partial charge in [-0.05, 0) is 30.7 Å². The number of rotatable bonds is 6. The van der Waals surface area contributed by atoms with Gasteiger partial charge in [-0.2, -0.15) is 0 Å². The lowest BCUT2D eigenvalue weighted by Gasteiger charge is -2.19. The summed E-state index contributed by atoms with van der Waals surface area (Å²) in [6.07, 6.45) is 4.96. The molecule has 0 bridgehead atoms. The zero-order valence-corrected chi connectivity index (χ0v) is 12.2. The fraction of sp³-hybridized carbons (Fsp3) is 0.588. The summed E-state index contributed by atoms with van der Waals surface area (Å²) in [6, 6.07) is 10.0. The first-order valence-electron chi connectivity index (χ1n) is 7.66. The van der Waals surface area contributed by atoms with E-state index in [1.807, 2.05) is 37.3 Å². The van der Waals surface area contributed by atoms with Crippen LogP contribution in [0.25, 0.3) is 0 Å². The van der Waals surface area contributed by atoms with Gasteiger partial charge in [-0.25, -0.2) is 0 Å². The van der Waals surface area contributed by atoms with Crippen LogP contribution in [0.2, 0.25) is 0 Å². The average Bonchev–Trinajstić information content (AvgIpc) is 2.99. The Hall–Kier alpha value is -1.35. The van der Waals surface area contributed by atoms with E-state index in [0.29, 0.717) is 12.5 Å². The maximum atomic E-state index is 12.0. The quantitative estimate of drug-likeness (QED) is 0.838. The Morgan fingerprint density at radius 3 is 2.60 bits per heavy atom. The van der Waals surface area contributed by atoms with Crippen LogP contribution in [0.4, 0.5) is 0 Å². The molecule has 3 heteroatoms. The molecule has 0 saturated heterocycles. The number of carbonyl (C=O) groups excluding carboxylic acids is 1. The maximum Gasteiger partial charge on any atom is 0.223 e. The van der Waals surface area contributed by atoms with E-state index in [2.05, 4.69) is 5.32 Å². The number of amides is 1. The fourth-order valence-electron chi connectivity index (χ4n) is 2.95. The van der Waals surface area contributed by atoms with Crippen molar-refractivity contribution >= 4 is 5.91 Å². The zero-order chi connectivity index (χ0) is 14.4. The Labute approximate surface area is 121 Å². The van der Waals surface area contributed by atoms with Gasteiger partial charge in [0.25, 0.3) is 0 Å². The van der Waals surface area contributed by atoms with Crippen molar-refractivity contribution in [2.24, 2.45) is 11.8 Å². The van der Waals surface area contributed by atoms with Gasteiger partial charge in [0.15, 0.2) is 0 Å². The summed E-state index contributed by atoms with van der Waals surface area (Å²) < 4.78 is 0. The van der Waals surface area contributed by atoms with Gasteiger partial charge in [0.1, 0.15) is 0 Å². The Morgan fingerprint density at radius 1 is 1.30 bits per heavy atom. The lowest BCUT2D eigenvalue weighted by atomic mass is 9.99. The standard InChI is InChI=1S/C17H25NO2/c1-13(11-14-7-3-2-4-8-14)17(20)18-12-16(19)15-9-5-6-10-15/h2-4,7-8,13,15-16,19H,5-6,9-12H2,1H3,(H,18,20). The zero-order valence-electron chi connectivity index (χ0n) is 12.2. The number of nitrogens with one attached hydrogen (secondary N) is 1. The topological polar surface area (TPSA) is 49.3 Å². The van der Waals surface area contributed by atoms with Gasteiger partial charge in [0, 0.05) is 12.5 Å². The van der Waals surface area contributed by atoms with Gasteiger partial charge >= 0.3 is 0 Å². The van der Waals surface area contributed by atoms with Crippen LogP contribution < -0.4 is 5.32 Å². The molecule has 1 saturated carbocycles. The number of carbonyl (C=O) groups is 1. The number of hydrogen-bond donors (Lipinski definition) is 2. The van der Waals surface area contributed by atoms with E-state index in [9.17, 15) is 9.90 Å². The van der Waals surface area contributed by atoms with Crippen molar-refractivity contribution in [1.29, 1.82) is 0 Å². The molecule has 1 aliphatic rings. The minimum atomic E-state index is -0.384. The predicted molar refractivity (Wildman–Crippen MR) is 80.3 cm³/mol. The predicted octanol–water partition coefficient (Wildman–Crippen LogP) is 2.53. The molecular weight excluding hydrogens is 250 g/mol. The van der Waals surface area contributed by atoms with Crippen molar-refractivity contribution < 1.29 is 9.90 Å². The first kappa shape index (κ1) is 15.0. The highest BCUT2D eigenvalue weighted by Crippen LogP contribution is 2.27. The third kappa shape index (κ3) is 4.34. The van der Waals surface area contributed by atoms with Crippen LogP contribution in [-0.2, 0) is 11.2 Å². The minimum Gasteiger partial charge on any atom is -0.391 e. The second-order valence-corrected chi connectivity index (χ2v) is 5.95. The molecule has 2 atom stereocenters. The van der Waals surface area contributed by atoms with Crippen molar-refractivity contribution in [3.8, 4) is 0 Å². The molecule has 1 aromatic carbocycles. The third-order valence-corrected chi connectivity index (χ3v) is 4.26. The highest BCUT2D eigenvalue weighted by atomic mass is 16.3. The lowest BCUT2D eigenvalue weighted by molar-refractivity contribution is -0.125. The molecule has 3 nitrogen and oxygen atoms in total. The second kappa shape index (κ2) is 7.44. The van der Waals surface area contributed by atoms with Gasteiger partial charge in [-0.1, -0.05) is 50.1 Å². The minimum absolute atomic E-state index is 0.0332. The molecule has 0 radical (unpaired) electrons. The summed E-state index contributed by atoms with van der Waals surface area (Å²) in [5, 5.41) is 12.9. The molecule has 0 aliphatic heterocycles. The summed E-state index contributed by atoms with van der Waals surface area (Å²) in [4.78, 5) is 12.0. The largest absolute Gasteiger partial charge is 0.391 e. The van der Waals surface area contributed by atoms with Gasteiger partial charge in [-0.3, -0.25) is 4.79 Å². The smallest absolute Gasteiger partial charge is 0.223 e. The van der Waals surface area contributed by atoms with Crippen molar-refractivity contribution in [2.45, 2.75) is 45.1 Å². The molecule has 0 spiro atoms. The van der Waals surface area contributed by atoms with Crippen LogP contribution in [0, 0.1) is 11.8 Å². The third-order valence-electron chi connectivity index (χ3n) is 4.26. The van der Waals surface area contributed by atoms with E-state index in [0.717, 1.165) is 19.3 Å². The summed E-state index contributed by atoms with van der Waals surface area (Å²) in [7, 11) is 0. The van der Waals surface area contributed by atoms with Crippen molar-refractivity contribution in [3.05, 3.63) is 35.9 Å². The maximum absolute atomic E-state index is 12.0. The molecule has 2 unspecified atom stereocenters. The molecule has 20 heavy (non-hydrogen) atoms. The molecule has 0 heterocycles. The van der Waals surface area contributed by atoms with E-state index >= 15 is 0 Å². The molecule has 2 rings (SSSR count). The van der Waals surface area contributed by atoms with E-state index in [-0.39, 0.29) is 17.9 Å². The Kier molecular flexibility index (Phi) is 5.60. The molecule has 1 amide bonds. The molecule has 1 aliphatic carbocycles. The number of benzene rings is 1. The van der Waals surface area contributed by atoms with E-state index in [1.165, 1.54) is 18.4 Å². The molecule has 110 valence electrons. The van der Waals surface area contributed by atoms with Crippen LogP contribution in [0.3, 0.4) is 0 Å².